The summed E-state index contributed by atoms with van der Waals surface area (Å²) in [4.78, 5) is 16.7. The first kappa shape index (κ1) is 16.7. The summed E-state index contributed by atoms with van der Waals surface area (Å²) < 4.78 is 0. The first-order valence-corrected chi connectivity index (χ1v) is 9.88. The molecule has 4 nitrogen and oxygen atoms in total. The molecule has 0 spiro atoms. The van der Waals surface area contributed by atoms with Crippen molar-refractivity contribution in [1.29, 1.82) is 0 Å². The molecule has 2 aliphatic rings. The van der Waals surface area contributed by atoms with E-state index < -0.39 is 0 Å². The number of fused-ring (bicyclic) bond motifs is 11. The monoisotopic (exact) mass is 386 g/mol. The molecule has 0 saturated heterocycles. The fourth-order valence-electron chi connectivity index (χ4n) is 4.07. The van der Waals surface area contributed by atoms with E-state index in [1.165, 1.54) is 0 Å². The highest BCUT2D eigenvalue weighted by atomic mass is 14.8. The van der Waals surface area contributed by atoms with Gasteiger partial charge in [-0.25, -0.2) is 9.97 Å². The normalized spacial score (nSPS) is 12.0. The third-order valence-corrected chi connectivity index (χ3v) is 5.48. The zero-order valence-corrected chi connectivity index (χ0v) is 16.2. The molecule has 2 aliphatic heterocycles. The van der Waals surface area contributed by atoms with Crippen LogP contribution in [0.3, 0.4) is 0 Å². The fourth-order valence-corrected chi connectivity index (χ4v) is 4.07. The van der Waals surface area contributed by atoms with E-state index in [9.17, 15) is 0 Å². The molecule has 0 unspecified atom stereocenters. The lowest BCUT2D eigenvalue weighted by molar-refractivity contribution is 1.30. The first-order valence-electron chi connectivity index (χ1n) is 9.88. The second-order valence-electron chi connectivity index (χ2n) is 7.43. The Kier molecular flexibility index (Phi) is 3.59. The van der Waals surface area contributed by atoms with Gasteiger partial charge in [-0.1, -0.05) is 36.9 Å². The summed E-state index contributed by atoms with van der Waals surface area (Å²) in [7, 11) is 0. The molecule has 0 amide bonds. The van der Waals surface area contributed by atoms with E-state index >= 15 is 0 Å². The van der Waals surface area contributed by atoms with Gasteiger partial charge in [0.25, 0.3) is 0 Å². The van der Waals surface area contributed by atoms with Gasteiger partial charge >= 0.3 is 0 Å². The SMILES string of the molecule is C=Cc1c2nc(cc3nc(cc4ccc(cc5ccc1[nH]5)[nH]4)-c1ccccc1-3)C=C2. The molecular formula is C26H18N4. The summed E-state index contributed by atoms with van der Waals surface area (Å²) in [5.74, 6) is 0. The highest BCUT2D eigenvalue weighted by Gasteiger charge is 2.16. The van der Waals surface area contributed by atoms with E-state index in [1.807, 2.05) is 36.4 Å². The minimum atomic E-state index is 0.881. The Balaban J connectivity index is 1.75. The number of hydrogen-bond acceptors (Lipinski definition) is 2. The molecule has 0 aliphatic carbocycles. The zero-order valence-electron chi connectivity index (χ0n) is 16.2. The van der Waals surface area contributed by atoms with Crippen LogP contribution in [0.1, 0.15) is 17.0 Å². The largest absolute Gasteiger partial charge is 0.355 e. The molecule has 142 valence electrons. The molecule has 4 aromatic rings. The smallest absolute Gasteiger partial charge is 0.0737 e. The Morgan fingerprint density at radius 3 is 2.20 bits per heavy atom. The van der Waals surface area contributed by atoms with Crippen molar-refractivity contribution in [3.63, 3.8) is 0 Å². The molecule has 0 saturated carbocycles. The molecule has 1 aromatic carbocycles. The van der Waals surface area contributed by atoms with E-state index in [0.29, 0.717) is 0 Å². The van der Waals surface area contributed by atoms with Crippen LogP contribution in [0.2, 0.25) is 0 Å². The van der Waals surface area contributed by atoms with E-state index in [4.69, 9.17) is 9.97 Å². The van der Waals surface area contributed by atoms with Crippen LogP contribution in [-0.2, 0) is 0 Å². The lowest BCUT2D eigenvalue weighted by Crippen LogP contribution is -1.82. The Bertz CT molecular complexity index is 1520. The quantitative estimate of drug-likeness (QED) is 0.341. The highest BCUT2D eigenvalue weighted by molar-refractivity contribution is 5.88. The third-order valence-electron chi connectivity index (χ3n) is 5.48. The molecule has 2 N–H and O–H groups in total. The standard InChI is InChI=1S/C26H18N4/c1-2-20-23-11-9-17(28-23)13-16-7-8-18(27-16)14-25-21-5-3-4-6-22(21)26(30-25)15-19-10-12-24(20)29-19/h2-15,27-28H,1H2. The van der Waals surface area contributed by atoms with Crippen molar-refractivity contribution >= 4 is 40.3 Å². The minimum Gasteiger partial charge on any atom is -0.355 e. The topological polar surface area (TPSA) is 57.4 Å². The van der Waals surface area contributed by atoms with Crippen LogP contribution >= 0.6 is 0 Å². The van der Waals surface area contributed by atoms with Gasteiger partial charge in [-0.2, -0.15) is 0 Å². The predicted octanol–water partition coefficient (Wildman–Crippen LogP) is 6.46. The van der Waals surface area contributed by atoms with Crippen LogP contribution < -0.4 is 0 Å². The number of benzene rings is 1. The van der Waals surface area contributed by atoms with Crippen LogP contribution in [0, 0.1) is 0 Å². The average Bonchev–Trinajstić information content (AvgIpc) is 3.54. The molecule has 3 aromatic heterocycles. The first-order chi connectivity index (χ1) is 14.8. The second-order valence-corrected chi connectivity index (χ2v) is 7.43. The van der Waals surface area contributed by atoms with Crippen molar-refractivity contribution in [2.75, 3.05) is 0 Å². The van der Waals surface area contributed by atoms with E-state index in [0.717, 1.165) is 61.5 Å². The van der Waals surface area contributed by atoms with E-state index in [2.05, 4.69) is 65.1 Å². The number of rotatable bonds is 1. The molecule has 8 bridgehead atoms. The van der Waals surface area contributed by atoms with Gasteiger partial charge in [0, 0.05) is 38.8 Å². The maximum absolute atomic E-state index is 4.92. The van der Waals surface area contributed by atoms with Crippen molar-refractivity contribution in [3.05, 3.63) is 90.3 Å². The summed E-state index contributed by atoms with van der Waals surface area (Å²) in [6, 6.07) is 22.8. The summed E-state index contributed by atoms with van der Waals surface area (Å²) in [6.45, 7) is 4.00. The molecular weight excluding hydrogens is 368 g/mol. The number of nitrogens with zero attached hydrogens (tertiary/aromatic N) is 2. The van der Waals surface area contributed by atoms with Crippen molar-refractivity contribution in [2.45, 2.75) is 0 Å². The Morgan fingerprint density at radius 1 is 0.700 bits per heavy atom. The molecule has 6 rings (SSSR count). The van der Waals surface area contributed by atoms with Gasteiger partial charge < -0.3 is 9.97 Å². The maximum atomic E-state index is 4.92. The number of aromatic nitrogens is 4. The summed E-state index contributed by atoms with van der Waals surface area (Å²) in [5.41, 5.74) is 10.9. The van der Waals surface area contributed by atoms with Gasteiger partial charge in [-0.05, 0) is 54.6 Å². The Labute approximate surface area is 173 Å². The Hall–Kier alpha value is -4.18. The van der Waals surface area contributed by atoms with Crippen molar-refractivity contribution < 1.29 is 0 Å². The minimum absolute atomic E-state index is 0.881. The molecule has 0 atom stereocenters. The summed E-state index contributed by atoms with van der Waals surface area (Å²) >= 11 is 0. The van der Waals surface area contributed by atoms with Crippen LogP contribution in [0.25, 0.3) is 62.8 Å². The van der Waals surface area contributed by atoms with Gasteiger partial charge in [-0.15, -0.1) is 0 Å². The van der Waals surface area contributed by atoms with E-state index in [1.54, 1.807) is 0 Å². The van der Waals surface area contributed by atoms with Crippen molar-refractivity contribution in [2.24, 2.45) is 0 Å². The third kappa shape index (κ3) is 2.70. The lowest BCUT2D eigenvalue weighted by Gasteiger charge is -1.97. The summed E-state index contributed by atoms with van der Waals surface area (Å²) in [5, 5.41) is 0. The fraction of sp³-hybridized carbons (Fsp3) is 0. The molecule has 5 heterocycles. The number of H-pyrrole nitrogens is 2. The lowest BCUT2D eigenvalue weighted by atomic mass is 10.0. The van der Waals surface area contributed by atoms with Gasteiger partial charge in [0.1, 0.15) is 0 Å². The van der Waals surface area contributed by atoms with Crippen LogP contribution in [-0.4, -0.2) is 19.9 Å². The number of nitrogens with one attached hydrogen (secondary N) is 2. The molecule has 30 heavy (non-hydrogen) atoms. The van der Waals surface area contributed by atoms with Gasteiger partial charge in [0.2, 0.25) is 0 Å². The number of aromatic amines is 2. The van der Waals surface area contributed by atoms with Gasteiger partial charge in [0.05, 0.1) is 22.8 Å². The van der Waals surface area contributed by atoms with Crippen molar-refractivity contribution in [1.82, 2.24) is 19.9 Å². The van der Waals surface area contributed by atoms with Crippen LogP contribution in [0.15, 0.2) is 73.3 Å². The maximum Gasteiger partial charge on any atom is 0.0737 e. The molecule has 0 radical (unpaired) electrons. The number of hydrogen-bond donors (Lipinski definition) is 2. The predicted molar refractivity (Wildman–Crippen MR) is 124 cm³/mol. The van der Waals surface area contributed by atoms with Gasteiger partial charge in [-0.3, -0.25) is 0 Å². The van der Waals surface area contributed by atoms with Gasteiger partial charge in [0.15, 0.2) is 0 Å². The Morgan fingerprint density at radius 2 is 1.40 bits per heavy atom. The average molecular weight is 386 g/mol. The van der Waals surface area contributed by atoms with Crippen molar-refractivity contribution in [3.8, 4) is 22.5 Å². The zero-order chi connectivity index (χ0) is 20.1. The van der Waals surface area contributed by atoms with Crippen LogP contribution in [0.4, 0.5) is 0 Å². The molecule has 4 heteroatoms. The summed E-state index contributed by atoms with van der Waals surface area (Å²) in [6.07, 6.45) is 5.90. The molecule has 0 fully saturated rings. The van der Waals surface area contributed by atoms with Crippen LogP contribution in [0.5, 0.6) is 0 Å². The second kappa shape index (κ2) is 6.42. The highest BCUT2D eigenvalue weighted by Crippen LogP contribution is 2.35. The van der Waals surface area contributed by atoms with E-state index in [-0.39, 0.29) is 0 Å².